The van der Waals surface area contributed by atoms with Gasteiger partial charge in [0.05, 0.1) is 5.39 Å². The van der Waals surface area contributed by atoms with Gasteiger partial charge in [-0.05, 0) is 49.4 Å². The van der Waals surface area contributed by atoms with Gasteiger partial charge in [-0.1, -0.05) is 19.1 Å². The number of pyridine rings is 1. The summed E-state index contributed by atoms with van der Waals surface area (Å²) in [6.07, 6.45) is 3.79. The van der Waals surface area contributed by atoms with Crippen LogP contribution in [0.15, 0.2) is 36.5 Å². The topological polar surface area (TPSA) is 92.4 Å². The SMILES string of the molecule is C[C@@H]1CN(C)[C@@H]1COc1nc(N2CC3CCC(C2)N3)c2cnc(-c3cc(N)cc4cccc(F)c34)c(F)c2n1. The molecule has 10 heteroatoms. The van der Waals surface area contributed by atoms with Gasteiger partial charge in [0.1, 0.15) is 29.5 Å². The molecule has 2 bridgehead atoms. The highest BCUT2D eigenvalue weighted by molar-refractivity contribution is 6.01. The molecule has 0 amide bonds. The van der Waals surface area contributed by atoms with Gasteiger partial charge in [-0.3, -0.25) is 9.88 Å². The number of aromatic nitrogens is 3. The van der Waals surface area contributed by atoms with E-state index in [1.54, 1.807) is 30.5 Å². The van der Waals surface area contributed by atoms with E-state index in [1.807, 2.05) is 0 Å². The Morgan fingerprint density at radius 2 is 1.90 bits per heavy atom. The van der Waals surface area contributed by atoms with E-state index in [-0.39, 0.29) is 34.2 Å². The fourth-order valence-electron chi connectivity index (χ4n) is 6.54. The predicted octanol–water partition coefficient (Wildman–Crippen LogP) is 3.97. The molecule has 7 rings (SSSR count). The van der Waals surface area contributed by atoms with Crippen LogP contribution in [0.2, 0.25) is 0 Å². The minimum Gasteiger partial charge on any atom is -0.462 e. The number of benzene rings is 2. The van der Waals surface area contributed by atoms with E-state index in [2.05, 4.69) is 39.1 Å². The molecule has 3 N–H and O–H groups in total. The summed E-state index contributed by atoms with van der Waals surface area (Å²) in [5.74, 6) is -0.00225. The van der Waals surface area contributed by atoms with E-state index in [0.29, 0.717) is 46.9 Å². The van der Waals surface area contributed by atoms with Crippen LogP contribution in [-0.4, -0.2) is 71.3 Å². The number of piperazine rings is 1. The van der Waals surface area contributed by atoms with Crippen molar-refractivity contribution in [3.05, 3.63) is 48.2 Å². The molecule has 0 radical (unpaired) electrons. The monoisotopic (exact) mass is 531 g/mol. The summed E-state index contributed by atoms with van der Waals surface area (Å²) < 4.78 is 37.5. The van der Waals surface area contributed by atoms with Gasteiger partial charge in [-0.2, -0.15) is 9.97 Å². The van der Waals surface area contributed by atoms with Crippen LogP contribution in [0, 0.1) is 17.6 Å². The molecule has 8 nitrogen and oxygen atoms in total. The molecule has 3 aliphatic rings. The van der Waals surface area contributed by atoms with Gasteiger partial charge in [-0.15, -0.1) is 0 Å². The molecule has 0 saturated carbocycles. The predicted molar refractivity (Wildman–Crippen MR) is 148 cm³/mol. The third kappa shape index (κ3) is 4.13. The second-order valence-corrected chi connectivity index (χ2v) is 11.3. The van der Waals surface area contributed by atoms with Gasteiger partial charge < -0.3 is 20.7 Å². The molecule has 39 heavy (non-hydrogen) atoms. The van der Waals surface area contributed by atoms with Crippen molar-refractivity contribution in [1.29, 1.82) is 0 Å². The Balaban J connectivity index is 1.37. The number of nitrogens with two attached hydrogens (primary N) is 1. The summed E-state index contributed by atoms with van der Waals surface area (Å²) in [6.45, 7) is 5.14. The molecular weight excluding hydrogens is 500 g/mol. The Hall–Kier alpha value is -3.63. The van der Waals surface area contributed by atoms with Crippen molar-refractivity contribution in [2.75, 3.05) is 43.9 Å². The number of nitrogen functional groups attached to an aromatic ring is 1. The Labute approximate surface area is 225 Å². The van der Waals surface area contributed by atoms with E-state index in [1.165, 1.54) is 6.07 Å². The van der Waals surface area contributed by atoms with Crippen molar-refractivity contribution >= 4 is 33.2 Å². The van der Waals surface area contributed by atoms with Crippen LogP contribution in [0.25, 0.3) is 32.9 Å². The van der Waals surface area contributed by atoms with Crippen LogP contribution in [0.5, 0.6) is 6.01 Å². The van der Waals surface area contributed by atoms with E-state index in [9.17, 15) is 4.39 Å². The van der Waals surface area contributed by atoms with Gasteiger partial charge in [-0.25, -0.2) is 8.78 Å². The summed E-state index contributed by atoms with van der Waals surface area (Å²) >= 11 is 0. The number of rotatable bonds is 5. The smallest absolute Gasteiger partial charge is 0.319 e. The molecule has 0 aliphatic carbocycles. The Morgan fingerprint density at radius 1 is 1.10 bits per heavy atom. The number of hydrogen-bond donors (Lipinski definition) is 2. The third-order valence-electron chi connectivity index (χ3n) is 8.55. The van der Waals surface area contributed by atoms with Gasteiger partial charge in [0, 0.05) is 60.6 Å². The summed E-state index contributed by atoms with van der Waals surface area (Å²) in [4.78, 5) is 18.2. The fourth-order valence-corrected chi connectivity index (χ4v) is 6.54. The van der Waals surface area contributed by atoms with Crippen LogP contribution >= 0.6 is 0 Å². The lowest BCUT2D eigenvalue weighted by atomic mass is 9.92. The first-order valence-corrected chi connectivity index (χ1v) is 13.5. The van der Waals surface area contributed by atoms with Crippen molar-refractivity contribution in [2.45, 2.75) is 37.9 Å². The lowest BCUT2D eigenvalue weighted by Gasteiger charge is -2.43. The van der Waals surface area contributed by atoms with Crippen molar-refractivity contribution < 1.29 is 13.5 Å². The Morgan fingerprint density at radius 3 is 2.64 bits per heavy atom. The molecule has 2 unspecified atom stereocenters. The molecule has 5 heterocycles. The molecule has 4 atom stereocenters. The minimum atomic E-state index is -0.650. The maximum absolute atomic E-state index is 16.4. The Kier molecular flexibility index (Phi) is 5.78. The number of likely N-dealkylation sites (tertiary alicyclic amines) is 1. The molecular formula is C29H31F2N7O. The zero-order valence-electron chi connectivity index (χ0n) is 22.0. The molecule has 2 aromatic heterocycles. The van der Waals surface area contributed by atoms with Gasteiger partial charge in [0.15, 0.2) is 5.82 Å². The second kappa shape index (κ2) is 9.24. The zero-order chi connectivity index (χ0) is 26.8. The summed E-state index contributed by atoms with van der Waals surface area (Å²) in [5, 5.41) is 4.98. The van der Waals surface area contributed by atoms with E-state index in [4.69, 9.17) is 15.5 Å². The van der Waals surface area contributed by atoms with Crippen LogP contribution in [0.3, 0.4) is 0 Å². The number of hydrogen-bond acceptors (Lipinski definition) is 8. The van der Waals surface area contributed by atoms with Crippen molar-refractivity contribution in [1.82, 2.24) is 25.2 Å². The molecule has 3 fully saturated rings. The van der Waals surface area contributed by atoms with Gasteiger partial charge in [0.25, 0.3) is 0 Å². The molecule has 3 saturated heterocycles. The highest BCUT2D eigenvalue weighted by Crippen LogP contribution is 2.38. The van der Waals surface area contributed by atoms with Crippen LogP contribution in [0.1, 0.15) is 19.8 Å². The van der Waals surface area contributed by atoms with Gasteiger partial charge in [0.2, 0.25) is 0 Å². The average Bonchev–Trinajstić information content (AvgIpc) is 3.25. The highest BCUT2D eigenvalue weighted by Gasteiger charge is 2.35. The molecule has 2 aromatic carbocycles. The van der Waals surface area contributed by atoms with E-state index < -0.39 is 11.6 Å². The normalized spacial score (nSPS) is 24.9. The number of halogens is 2. The maximum Gasteiger partial charge on any atom is 0.319 e. The first-order chi connectivity index (χ1) is 18.9. The van der Waals surface area contributed by atoms with Gasteiger partial charge >= 0.3 is 6.01 Å². The quantitative estimate of drug-likeness (QED) is 0.374. The lowest BCUT2D eigenvalue weighted by molar-refractivity contribution is 0.0159. The lowest BCUT2D eigenvalue weighted by Crippen LogP contribution is -2.55. The minimum absolute atomic E-state index is 0.00627. The van der Waals surface area contributed by atoms with Crippen LogP contribution in [0.4, 0.5) is 20.3 Å². The number of fused-ring (bicyclic) bond motifs is 4. The van der Waals surface area contributed by atoms with E-state index in [0.717, 1.165) is 32.5 Å². The maximum atomic E-state index is 16.4. The fraction of sp³-hybridized carbons (Fsp3) is 0.414. The number of nitrogens with one attached hydrogen (secondary N) is 1. The van der Waals surface area contributed by atoms with Crippen LogP contribution < -0.4 is 20.7 Å². The molecule has 0 spiro atoms. The molecule has 3 aliphatic heterocycles. The molecule has 202 valence electrons. The standard InChI is InChI=1S/C29H31F2N7O/c1-15-11-37(2)23(15)14-39-29-35-27-21(28(36-29)38-12-18-6-7-19(13-38)34-18)10-33-26(25(27)31)20-9-17(32)8-16-4-3-5-22(30)24(16)20/h3-5,8-10,15,18-19,23,34H,6-7,11-14,32H2,1-2H3/t15-,18?,19?,23-/m1/s1. The van der Waals surface area contributed by atoms with Crippen LogP contribution in [-0.2, 0) is 0 Å². The number of ether oxygens (including phenoxy) is 1. The first-order valence-electron chi connectivity index (χ1n) is 13.5. The third-order valence-corrected chi connectivity index (χ3v) is 8.55. The Bertz CT molecular complexity index is 1580. The number of anilines is 2. The largest absolute Gasteiger partial charge is 0.462 e. The summed E-state index contributed by atoms with van der Waals surface area (Å²) in [6, 6.07) is 9.05. The van der Waals surface area contributed by atoms with Crippen molar-refractivity contribution in [2.24, 2.45) is 5.92 Å². The average molecular weight is 532 g/mol. The second-order valence-electron chi connectivity index (χ2n) is 11.3. The number of nitrogens with zero attached hydrogens (tertiary/aromatic N) is 5. The number of likely N-dealkylation sites (N-methyl/N-ethyl adjacent to an activating group) is 1. The van der Waals surface area contributed by atoms with E-state index >= 15 is 4.39 Å². The summed E-state index contributed by atoms with van der Waals surface area (Å²) in [7, 11) is 2.06. The van der Waals surface area contributed by atoms with Crippen molar-refractivity contribution in [3.8, 4) is 17.3 Å². The van der Waals surface area contributed by atoms with Crippen molar-refractivity contribution in [3.63, 3.8) is 0 Å². The molecule has 4 aromatic rings. The first kappa shape index (κ1) is 24.4. The highest BCUT2D eigenvalue weighted by atomic mass is 19.1. The zero-order valence-corrected chi connectivity index (χ0v) is 22.0. The summed E-state index contributed by atoms with van der Waals surface area (Å²) in [5.41, 5.74) is 6.91.